The van der Waals surface area contributed by atoms with E-state index in [9.17, 15) is 13.2 Å². The van der Waals surface area contributed by atoms with Crippen molar-refractivity contribution in [2.45, 2.75) is 32.0 Å². The van der Waals surface area contributed by atoms with Gasteiger partial charge >= 0.3 is 6.18 Å². The molecule has 0 aliphatic rings. The van der Waals surface area contributed by atoms with Gasteiger partial charge in [0.2, 0.25) is 0 Å². The number of pyridine rings is 1. The highest BCUT2D eigenvalue weighted by Crippen LogP contribution is 2.33. The number of nitrogens with two attached hydrogens (primary N) is 1. The maximum atomic E-state index is 12.8. The zero-order chi connectivity index (χ0) is 15.5. The zero-order valence-corrected chi connectivity index (χ0v) is 12.3. The van der Waals surface area contributed by atoms with E-state index < -0.39 is 11.7 Å². The van der Waals surface area contributed by atoms with E-state index in [0.29, 0.717) is 0 Å². The van der Waals surface area contributed by atoms with Gasteiger partial charge in [0.1, 0.15) is 11.6 Å². The first-order valence-corrected chi connectivity index (χ1v) is 7.43. The second-order valence-corrected chi connectivity index (χ2v) is 5.64. The van der Waals surface area contributed by atoms with Crippen LogP contribution in [-0.2, 0) is 6.18 Å². The number of alkyl halides is 3. The molecule has 2 aromatic rings. The van der Waals surface area contributed by atoms with Gasteiger partial charge in [-0.25, -0.2) is 4.98 Å². The van der Waals surface area contributed by atoms with Crippen LogP contribution < -0.4 is 11.1 Å². The first-order chi connectivity index (χ1) is 9.90. The van der Waals surface area contributed by atoms with Gasteiger partial charge in [-0.2, -0.15) is 13.2 Å². The van der Waals surface area contributed by atoms with E-state index in [1.807, 2.05) is 24.4 Å². The third-order valence-corrected chi connectivity index (χ3v) is 3.94. The van der Waals surface area contributed by atoms with Gasteiger partial charge in [0.15, 0.2) is 0 Å². The molecular weight excluding hydrogens is 299 g/mol. The Morgan fingerprint density at radius 2 is 2.14 bits per heavy atom. The predicted octanol–water partition coefficient (Wildman–Crippen LogP) is 4.70. The van der Waals surface area contributed by atoms with E-state index in [4.69, 9.17) is 5.73 Å². The lowest BCUT2D eigenvalue weighted by atomic mass is 10.1. The Kier molecular flexibility index (Phi) is 4.72. The van der Waals surface area contributed by atoms with Gasteiger partial charge in [-0.1, -0.05) is 19.4 Å². The summed E-state index contributed by atoms with van der Waals surface area (Å²) in [6.07, 6.45) is -2.72. The summed E-state index contributed by atoms with van der Waals surface area (Å²) >= 11 is 1.56. The van der Waals surface area contributed by atoms with E-state index in [1.54, 1.807) is 11.3 Å². The molecule has 0 aliphatic carbocycles. The molecule has 0 amide bonds. The van der Waals surface area contributed by atoms with Crippen LogP contribution >= 0.6 is 11.3 Å². The maximum Gasteiger partial charge on any atom is 0.416 e. The van der Waals surface area contributed by atoms with Crippen LogP contribution in [-0.4, -0.2) is 4.98 Å². The summed E-state index contributed by atoms with van der Waals surface area (Å²) < 4.78 is 38.4. The molecule has 3 N–H and O–H groups in total. The normalized spacial score (nSPS) is 13.1. The van der Waals surface area contributed by atoms with Gasteiger partial charge in [0, 0.05) is 4.88 Å². The molecule has 0 aromatic carbocycles. The number of nitrogens with one attached hydrogen (secondary N) is 1. The SMILES string of the molecule is CCCC(Nc1cc(C(F)(F)F)cc(N)n1)c1cccs1. The molecule has 0 saturated carbocycles. The molecular formula is C14H16F3N3S. The van der Waals surface area contributed by atoms with Crippen LogP contribution in [0.3, 0.4) is 0 Å². The van der Waals surface area contributed by atoms with E-state index in [-0.39, 0.29) is 17.7 Å². The smallest absolute Gasteiger partial charge is 0.384 e. The molecule has 7 heteroatoms. The minimum Gasteiger partial charge on any atom is -0.384 e. The lowest BCUT2D eigenvalue weighted by Gasteiger charge is -2.18. The maximum absolute atomic E-state index is 12.8. The van der Waals surface area contributed by atoms with Gasteiger partial charge < -0.3 is 11.1 Å². The Hall–Kier alpha value is -1.76. The Morgan fingerprint density at radius 1 is 1.38 bits per heavy atom. The van der Waals surface area contributed by atoms with Crippen LogP contribution in [0.2, 0.25) is 0 Å². The van der Waals surface area contributed by atoms with Crippen molar-refractivity contribution < 1.29 is 13.2 Å². The molecule has 3 nitrogen and oxygen atoms in total. The summed E-state index contributed by atoms with van der Waals surface area (Å²) in [5, 5.41) is 4.99. The number of nitrogen functional groups attached to an aromatic ring is 1. The van der Waals surface area contributed by atoms with Gasteiger partial charge in [-0.15, -0.1) is 11.3 Å². The summed E-state index contributed by atoms with van der Waals surface area (Å²) in [5.41, 5.74) is 4.68. The van der Waals surface area contributed by atoms with Gasteiger partial charge in [-0.05, 0) is 30.0 Å². The molecule has 21 heavy (non-hydrogen) atoms. The number of hydrogen-bond donors (Lipinski definition) is 2. The molecule has 2 rings (SSSR count). The van der Waals surface area contributed by atoms with Crippen LogP contribution in [0.5, 0.6) is 0 Å². The molecule has 0 radical (unpaired) electrons. The second-order valence-electron chi connectivity index (χ2n) is 4.66. The molecule has 1 unspecified atom stereocenters. The number of thiophene rings is 1. The van der Waals surface area contributed by atoms with Gasteiger partial charge in [0.05, 0.1) is 11.6 Å². The number of rotatable bonds is 5. The van der Waals surface area contributed by atoms with Crippen molar-refractivity contribution in [3.8, 4) is 0 Å². The zero-order valence-electron chi connectivity index (χ0n) is 11.4. The molecule has 114 valence electrons. The summed E-state index contributed by atoms with van der Waals surface area (Å²) in [7, 11) is 0. The average Bonchev–Trinajstić information content (AvgIpc) is 2.90. The topological polar surface area (TPSA) is 50.9 Å². The number of halogens is 3. The standard InChI is InChI=1S/C14H16F3N3S/c1-2-4-10(11-5-3-6-21-11)19-13-8-9(14(15,16)17)7-12(18)20-13/h3,5-8,10H,2,4H2,1H3,(H3,18,19,20). The predicted molar refractivity (Wildman–Crippen MR) is 79.2 cm³/mol. The van der Waals surface area contributed by atoms with E-state index in [2.05, 4.69) is 10.3 Å². The summed E-state index contributed by atoms with van der Waals surface area (Å²) in [6, 6.07) is 5.63. The number of nitrogens with zero attached hydrogens (tertiary/aromatic N) is 1. The van der Waals surface area contributed by atoms with Crippen LogP contribution in [0.4, 0.5) is 24.8 Å². The van der Waals surface area contributed by atoms with Crippen LogP contribution in [0, 0.1) is 0 Å². The quantitative estimate of drug-likeness (QED) is 0.841. The highest BCUT2D eigenvalue weighted by Gasteiger charge is 2.31. The van der Waals surface area contributed by atoms with Crippen molar-refractivity contribution in [3.05, 3.63) is 40.1 Å². The minimum atomic E-state index is -4.43. The third kappa shape index (κ3) is 4.10. The van der Waals surface area contributed by atoms with Crippen molar-refractivity contribution in [1.29, 1.82) is 0 Å². The molecule has 2 aromatic heterocycles. The molecule has 0 bridgehead atoms. The van der Waals surface area contributed by atoms with Crippen molar-refractivity contribution >= 4 is 23.0 Å². The largest absolute Gasteiger partial charge is 0.416 e. The van der Waals surface area contributed by atoms with Crippen molar-refractivity contribution in [3.63, 3.8) is 0 Å². The molecule has 0 fully saturated rings. The van der Waals surface area contributed by atoms with E-state index in [0.717, 1.165) is 29.9 Å². The fourth-order valence-electron chi connectivity index (χ4n) is 2.03. The van der Waals surface area contributed by atoms with Crippen LogP contribution in [0.25, 0.3) is 0 Å². The third-order valence-electron chi connectivity index (χ3n) is 2.96. The summed E-state index contributed by atoms with van der Waals surface area (Å²) in [6.45, 7) is 2.02. The van der Waals surface area contributed by atoms with Gasteiger partial charge in [-0.3, -0.25) is 0 Å². The second kappa shape index (κ2) is 6.34. The van der Waals surface area contributed by atoms with Crippen LogP contribution in [0.15, 0.2) is 29.6 Å². The van der Waals surface area contributed by atoms with Crippen molar-refractivity contribution in [2.75, 3.05) is 11.1 Å². The average molecular weight is 315 g/mol. The highest BCUT2D eigenvalue weighted by atomic mass is 32.1. The lowest BCUT2D eigenvalue weighted by Crippen LogP contribution is -2.13. The minimum absolute atomic E-state index is 0.0645. The van der Waals surface area contributed by atoms with E-state index >= 15 is 0 Å². The number of anilines is 2. The molecule has 0 spiro atoms. The first-order valence-electron chi connectivity index (χ1n) is 6.55. The van der Waals surface area contributed by atoms with E-state index in [1.165, 1.54) is 0 Å². The Balaban J connectivity index is 2.26. The van der Waals surface area contributed by atoms with Crippen LogP contribution in [0.1, 0.15) is 36.2 Å². The number of hydrogen-bond acceptors (Lipinski definition) is 4. The Morgan fingerprint density at radius 3 is 2.71 bits per heavy atom. The molecule has 0 saturated heterocycles. The van der Waals surface area contributed by atoms with Gasteiger partial charge in [0.25, 0.3) is 0 Å². The molecule has 1 atom stereocenters. The highest BCUT2D eigenvalue weighted by molar-refractivity contribution is 7.10. The molecule has 0 aliphatic heterocycles. The number of aromatic nitrogens is 1. The summed E-state index contributed by atoms with van der Waals surface area (Å²) in [4.78, 5) is 5.02. The Bertz CT molecular complexity index is 582. The fourth-order valence-corrected chi connectivity index (χ4v) is 2.84. The fraction of sp³-hybridized carbons (Fsp3) is 0.357. The lowest BCUT2D eigenvalue weighted by molar-refractivity contribution is -0.137. The monoisotopic (exact) mass is 315 g/mol. The van der Waals surface area contributed by atoms with Crippen molar-refractivity contribution in [2.24, 2.45) is 0 Å². The molecule has 2 heterocycles. The summed E-state index contributed by atoms with van der Waals surface area (Å²) in [5.74, 6) is 0.00271. The van der Waals surface area contributed by atoms with Crippen molar-refractivity contribution in [1.82, 2.24) is 4.98 Å². The first kappa shape index (κ1) is 15.6. The Labute approximate surface area is 125 Å².